The minimum Gasteiger partial charge on any atom is -0.369 e. The predicted molar refractivity (Wildman–Crippen MR) is 90.2 cm³/mol. The summed E-state index contributed by atoms with van der Waals surface area (Å²) in [4.78, 5) is 13.2. The van der Waals surface area contributed by atoms with Gasteiger partial charge in [0.15, 0.2) is 5.82 Å². The maximum absolute atomic E-state index is 11.2. The summed E-state index contributed by atoms with van der Waals surface area (Å²) in [5, 5.41) is 4.23. The van der Waals surface area contributed by atoms with Gasteiger partial charge in [-0.2, -0.15) is 0 Å². The molecule has 1 atom stereocenters. The van der Waals surface area contributed by atoms with E-state index in [4.69, 9.17) is 0 Å². The molecule has 5 nitrogen and oxygen atoms in total. The molecule has 0 radical (unpaired) electrons. The lowest BCUT2D eigenvalue weighted by molar-refractivity contribution is 0.687. The molecule has 0 saturated heterocycles. The molecule has 0 aliphatic carbocycles. The van der Waals surface area contributed by atoms with Crippen molar-refractivity contribution < 1.29 is 4.21 Å². The molecule has 0 bridgehead atoms. The molecule has 1 aromatic carbocycles. The van der Waals surface area contributed by atoms with Crippen LogP contribution in [0.2, 0.25) is 0 Å². The summed E-state index contributed by atoms with van der Waals surface area (Å²) in [5.74, 6) is 2.01. The normalized spacial score (nSPS) is 12.2. The van der Waals surface area contributed by atoms with E-state index in [0.717, 1.165) is 22.3 Å². The molecular formula is C16H16N4OS. The Morgan fingerprint density at radius 3 is 2.64 bits per heavy atom. The van der Waals surface area contributed by atoms with Crippen molar-refractivity contribution in [1.29, 1.82) is 0 Å². The molecule has 6 heteroatoms. The summed E-state index contributed by atoms with van der Waals surface area (Å²) >= 11 is 0. The van der Waals surface area contributed by atoms with Crippen LogP contribution in [0.25, 0.3) is 22.3 Å². The average molecular weight is 312 g/mol. The number of benzene rings is 1. The highest BCUT2D eigenvalue weighted by molar-refractivity contribution is 7.84. The van der Waals surface area contributed by atoms with Crippen molar-refractivity contribution in [1.82, 2.24) is 15.0 Å². The van der Waals surface area contributed by atoms with Crippen LogP contribution in [0.4, 0.5) is 5.82 Å². The van der Waals surface area contributed by atoms with Gasteiger partial charge in [-0.25, -0.2) is 9.97 Å². The minimum atomic E-state index is -0.828. The van der Waals surface area contributed by atoms with E-state index in [2.05, 4.69) is 20.3 Å². The van der Waals surface area contributed by atoms with E-state index >= 15 is 0 Å². The fourth-order valence-corrected chi connectivity index (χ4v) is 2.54. The van der Waals surface area contributed by atoms with Gasteiger partial charge < -0.3 is 5.32 Å². The van der Waals surface area contributed by atoms with Crippen LogP contribution in [0.3, 0.4) is 0 Å². The summed E-state index contributed by atoms with van der Waals surface area (Å²) in [6.07, 6.45) is 5.14. The number of aromatic nitrogens is 3. The first kappa shape index (κ1) is 14.6. The van der Waals surface area contributed by atoms with Gasteiger partial charge in [-0.1, -0.05) is 12.1 Å². The zero-order valence-corrected chi connectivity index (χ0v) is 13.0. The van der Waals surface area contributed by atoms with Crippen LogP contribution in [-0.4, -0.2) is 37.7 Å². The van der Waals surface area contributed by atoms with E-state index in [9.17, 15) is 4.21 Å². The summed E-state index contributed by atoms with van der Waals surface area (Å²) in [6.45, 7) is 0.611. The molecule has 0 fully saturated rings. The SMILES string of the molecule is CS(=O)CCNc1nc(-c2ccncc2)nc2ccccc12. The first-order valence-corrected chi connectivity index (χ1v) is 8.68. The van der Waals surface area contributed by atoms with E-state index in [1.807, 2.05) is 36.4 Å². The lowest BCUT2D eigenvalue weighted by Crippen LogP contribution is -2.11. The number of rotatable bonds is 5. The summed E-state index contributed by atoms with van der Waals surface area (Å²) in [7, 11) is -0.828. The predicted octanol–water partition coefficient (Wildman–Crippen LogP) is 2.48. The van der Waals surface area contributed by atoms with Crippen LogP contribution in [0.1, 0.15) is 0 Å². The van der Waals surface area contributed by atoms with Gasteiger partial charge in [0.25, 0.3) is 0 Å². The zero-order chi connectivity index (χ0) is 15.4. The minimum absolute atomic E-state index is 0.586. The van der Waals surface area contributed by atoms with Crippen molar-refractivity contribution in [2.75, 3.05) is 23.9 Å². The molecule has 1 N–H and O–H groups in total. The Morgan fingerprint density at radius 2 is 1.86 bits per heavy atom. The molecule has 0 spiro atoms. The van der Waals surface area contributed by atoms with E-state index in [-0.39, 0.29) is 0 Å². The van der Waals surface area contributed by atoms with E-state index in [1.165, 1.54) is 0 Å². The van der Waals surface area contributed by atoms with Gasteiger partial charge in [-0.05, 0) is 24.3 Å². The summed E-state index contributed by atoms with van der Waals surface area (Å²) in [6, 6.07) is 11.6. The summed E-state index contributed by atoms with van der Waals surface area (Å²) in [5.41, 5.74) is 1.80. The Kier molecular flexibility index (Phi) is 4.39. The lowest BCUT2D eigenvalue weighted by Gasteiger charge is -2.10. The average Bonchev–Trinajstić information content (AvgIpc) is 2.55. The second kappa shape index (κ2) is 6.62. The number of fused-ring (bicyclic) bond motifs is 1. The standard InChI is InChI=1S/C16H16N4OS/c1-22(21)11-10-18-16-13-4-2-3-5-14(13)19-15(20-16)12-6-8-17-9-7-12/h2-9H,10-11H2,1H3,(H,18,19,20). The van der Waals surface area contributed by atoms with Crippen molar-refractivity contribution in [3.05, 3.63) is 48.8 Å². The van der Waals surface area contributed by atoms with Gasteiger partial charge in [0.2, 0.25) is 0 Å². The van der Waals surface area contributed by atoms with Crippen LogP contribution in [0.5, 0.6) is 0 Å². The number of nitrogens with one attached hydrogen (secondary N) is 1. The maximum atomic E-state index is 11.2. The van der Waals surface area contributed by atoms with Crippen LogP contribution < -0.4 is 5.32 Å². The molecule has 1 unspecified atom stereocenters. The molecule has 3 rings (SSSR count). The molecule has 0 amide bonds. The van der Waals surface area contributed by atoms with Crippen molar-refractivity contribution in [2.24, 2.45) is 0 Å². The molecule has 22 heavy (non-hydrogen) atoms. The smallest absolute Gasteiger partial charge is 0.162 e. The molecule has 2 heterocycles. The summed E-state index contributed by atoms with van der Waals surface area (Å²) < 4.78 is 11.2. The van der Waals surface area contributed by atoms with Crippen LogP contribution >= 0.6 is 0 Å². The fraction of sp³-hybridized carbons (Fsp3) is 0.188. The maximum Gasteiger partial charge on any atom is 0.162 e. The molecule has 0 aliphatic rings. The zero-order valence-electron chi connectivity index (χ0n) is 12.2. The van der Waals surface area contributed by atoms with Gasteiger partial charge in [-0.3, -0.25) is 9.19 Å². The highest BCUT2D eigenvalue weighted by Gasteiger charge is 2.08. The monoisotopic (exact) mass is 312 g/mol. The highest BCUT2D eigenvalue weighted by Crippen LogP contribution is 2.24. The Labute approximate surface area is 131 Å². The Bertz CT molecular complexity index is 808. The Hall–Kier alpha value is -2.34. The van der Waals surface area contributed by atoms with Crippen LogP contribution in [0, 0.1) is 0 Å². The Morgan fingerprint density at radius 1 is 1.09 bits per heavy atom. The molecule has 112 valence electrons. The van der Waals surface area contributed by atoms with Gasteiger partial charge in [0, 0.05) is 52.7 Å². The number of hydrogen-bond donors (Lipinski definition) is 1. The topological polar surface area (TPSA) is 67.8 Å². The lowest BCUT2D eigenvalue weighted by atomic mass is 10.2. The molecule has 2 aromatic heterocycles. The molecule has 0 saturated carbocycles. The fourth-order valence-electron chi connectivity index (χ4n) is 2.15. The van der Waals surface area contributed by atoms with Gasteiger partial charge in [0.05, 0.1) is 5.52 Å². The number of anilines is 1. The second-order valence-corrected chi connectivity index (χ2v) is 6.41. The van der Waals surface area contributed by atoms with E-state index in [0.29, 0.717) is 18.1 Å². The first-order chi connectivity index (χ1) is 10.7. The third kappa shape index (κ3) is 3.28. The molecular weight excluding hydrogens is 296 g/mol. The number of hydrogen-bond acceptors (Lipinski definition) is 5. The number of pyridine rings is 1. The van der Waals surface area contributed by atoms with E-state index < -0.39 is 10.8 Å². The van der Waals surface area contributed by atoms with Gasteiger partial charge in [0.1, 0.15) is 5.82 Å². The van der Waals surface area contributed by atoms with Crippen LogP contribution in [-0.2, 0) is 10.8 Å². The van der Waals surface area contributed by atoms with Crippen molar-refractivity contribution in [3.63, 3.8) is 0 Å². The van der Waals surface area contributed by atoms with Crippen LogP contribution in [0.15, 0.2) is 48.8 Å². The quantitative estimate of drug-likeness (QED) is 0.784. The third-order valence-corrected chi connectivity index (χ3v) is 4.00. The van der Waals surface area contributed by atoms with E-state index in [1.54, 1.807) is 18.6 Å². The third-order valence-electron chi connectivity index (χ3n) is 3.22. The van der Waals surface area contributed by atoms with Gasteiger partial charge in [-0.15, -0.1) is 0 Å². The largest absolute Gasteiger partial charge is 0.369 e. The highest BCUT2D eigenvalue weighted by atomic mass is 32.2. The van der Waals surface area contributed by atoms with Gasteiger partial charge >= 0.3 is 0 Å². The number of nitrogens with zero attached hydrogens (tertiary/aromatic N) is 3. The Balaban J connectivity index is 2.02. The second-order valence-electron chi connectivity index (χ2n) is 4.85. The van der Waals surface area contributed by atoms with Crippen molar-refractivity contribution in [3.8, 4) is 11.4 Å². The molecule has 3 aromatic rings. The van der Waals surface area contributed by atoms with Crippen molar-refractivity contribution in [2.45, 2.75) is 0 Å². The first-order valence-electron chi connectivity index (χ1n) is 6.95. The van der Waals surface area contributed by atoms with Crippen molar-refractivity contribution >= 4 is 27.5 Å². The molecule has 0 aliphatic heterocycles. The number of para-hydroxylation sites is 1.